The molecule has 4 nitrogen and oxygen atoms in total. The number of benzene rings is 1. The molecule has 1 heterocycles. The van der Waals surface area contributed by atoms with Crippen LogP contribution in [0.2, 0.25) is 0 Å². The summed E-state index contributed by atoms with van der Waals surface area (Å²) in [6, 6.07) is 8.13. The largest absolute Gasteiger partial charge is 0.492 e. The summed E-state index contributed by atoms with van der Waals surface area (Å²) < 4.78 is 11.3. The highest BCUT2D eigenvalue weighted by Crippen LogP contribution is 2.14. The minimum absolute atomic E-state index is 0.398. The molecule has 2 N–H and O–H groups in total. The lowest BCUT2D eigenvalue weighted by Crippen LogP contribution is -2.46. The summed E-state index contributed by atoms with van der Waals surface area (Å²) in [6.07, 6.45) is 1.11. The van der Waals surface area contributed by atoms with Crippen molar-refractivity contribution < 1.29 is 9.47 Å². The van der Waals surface area contributed by atoms with Crippen LogP contribution in [0.15, 0.2) is 24.3 Å². The predicted octanol–water partition coefficient (Wildman–Crippen LogP) is 1.81. The van der Waals surface area contributed by atoms with Gasteiger partial charge in [0.25, 0.3) is 0 Å². The Kier molecular flexibility index (Phi) is 5.76. The highest BCUT2D eigenvalue weighted by atomic mass is 32.1. The van der Waals surface area contributed by atoms with Crippen molar-refractivity contribution in [2.45, 2.75) is 19.4 Å². The van der Waals surface area contributed by atoms with Gasteiger partial charge in [0.05, 0.1) is 13.2 Å². The number of hydrogen-bond donors (Lipinski definition) is 1. The van der Waals surface area contributed by atoms with E-state index in [1.54, 1.807) is 0 Å². The first-order chi connectivity index (χ1) is 9.70. The molecule has 20 heavy (non-hydrogen) atoms. The molecule has 1 saturated heterocycles. The van der Waals surface area contributed by atoms with Gasteiger partial charge in [-0.2, -0.15) is 0 Å². The van der Waals surface area contributed by atoms with Gasteiger partial charge in [-0.3, -0.25) is 4.90 Å². The fourth-order valence-electron chi connectivity index (χ4n) is 2.38. The molecule has 0 saturated carbocycles. The molecule has 1 aliphatic rings. The van der Waals surface area contributed by atoms with Gasteiger partial charge in [-0.25, -0.2) is 0 Å². The first-order valence-corrected chi connectivity index (χ1v) is 7.46. The number of morpholine rings is 1. The summed E-state index contributed by atoms with van der Waals surface area (Å²) in [7, 11) is 0. The van der Waals surface area contributed by atoms with E-state index in [4.69, 9.17) is 27.4 Å². The summed E-state index contributed by atoms with van der Waals surface area (Å²) in [5, 5.41) is 0. The van der Waals surface area contributed by atoms with Gasteiger partial charge in [-0.05, 0) is 18.6 Å². The number of nitrogens with two attached hydrogens (primary N) is 1. The molecular formula is C15H22N2O2S. The van der Waals surface area contributed by atoms with E-state index in [0.717, 1.165) is 44.0 Å². The second-order valence-corrected chi connectivity index (χ2v) is 5.35. The third-order valence-corrected chi connectivity index (χ3v) is 3.82. The lowest BCUT2D eigenvalue weighted by atomic mass is 10.2. The summed E-state index contributed by atoms with van der Waals surface area (Å²) in [5.74, 6) is 0.816. The number of rotatable bonds is 6. The normalized spacial score (nSPS) is 19.8. The molecule has 1 aromatic carbocycles. The quantitative estimate of drug-likeness (QED) is 0.811. The maximum atomic E-state index is 5.79. The van der Waals surface area contributed by atoms with Gasteiger partial charge >= 0.3 is 0 Å². The van der Waals surface area contributed by atoms with Crippen LogP contribution >= 0.6 is 12.2 Å². The highest BCUT2D eigenvalue weighted by Gasteiger charge is 2.20. The molecule has 0 amide bonds. The topological polar surface area (TPSA) is 47.7 Å². The summed E-state index contributed by atoms with van der Waals surface area (Å²) >= 11 is 4.97. The minimum Gasteiger partial charge on any atom is -0.492 e. The van der Waals surface area contributed by atoms with Crippen LogP contribution in [0.5, 0.6) is 5.75 Å². The molecule has 1 fully saturated rings. The van der Waals surface area contributed by atoms with E-state index in [-0.39, 0.29) is 0 Å². The third kappa shape index (κ3) is 4.16. The second-order valence-electron chi connectivity index (χ2n) is 4.91. The zero-order valence-electron chi connectivity index (χ0n) is 11.9. The number of ether oxygens (including phenoxy) is 2. The van der Waals surface area contributed by atoms with Crippen molar-refractivity contribution in [2.75, 3.05) is 32.9 Å². The van der Waals surface area contributed by atoms with Crippen LogP contribution in [-0.4, -0.2) is 48.8 Å². The molecule has 110 valence electrons. The first kappa shape index (κ1) is 15.2. The molecule has 0 aromatic heterocycles. The zero-order chi connectivity index (χ0) is 14.4. The molecule has 0 aliphatic carbocycles. The van der Waals surface area contributed by atoms with Crippen LogP contribution in [0.25, 0.3) is 0 Å². The number of thiocarbonyl (C=S) groups is 1. The number of hydrogen-bond acceptors (Lipinski definition) is 4. The van der Waals surface area contributed by atoms with Crippen molar-refractivity contribution in [1.29, 1.82) is 0 Å². The second kappa shape index (κ2) is 7.57. The predicted molar refractivity (Wildman–Crippen MR) is 84.3 cm³/mol. The molecular weight excluding hydrogens is 272 g/mol. The smallest absolute Gasteiger partial charge is 0.120 e. The van der Waals surface area contributed by atoms with Crippen molar-refractivity contribution in [2.24, 2.45) is 5.73 Å². The molecule has 0 radical (unpaired) electrons. The standard InChI is InChI=1S/C15H22N2O2S/c1-2-13-11-18-8-6-17(13)7-9-19-14-5-3-4-12(10-14)15(16)20/h3-5,10,13H,2,6-9,11H2,1H3,(H2,16,20). The van der Waals surface area contributed by atoms with Gasteiger partial charge in [-0.15, -0.1) is 0 Å². The Morgan fingerprint density at radius 3 is 3.15 bits per heavy atom. The molecule has 0 spiro atoms. The van der Waals surface area contributed by atoms with Crippen LogP contribution in [0.3, 0.4) is 0 Å². The van der Waals surface area contributed by atoms with Gasteiger partial charge in [0.2, 0.25) is 0 Å². The number of nitrogens with zero attached hydrogens (tertiary/aromatic N) is 1. The van der Waals surface area contributed by atoms with E-state index in [9.17, 15) is 0 Å². The van der Waals surface area contributed by atoms with Crippen LogP contribution < -0.4 is 10.5 Å². The molecule has 5 heteroatoms. The van der Waals surface area contributed by atoms with Crippen molar-refractivity contribution in [1.82, 2.24) is 4.90 Å². The van der Waals surface area contributed by atoms with E-state index in [1.807, 2.05) is 24.3 Å². The van der Waals surface area contributed by atoms with Gasteiger partial charge in [-0.1, -0.05) is 31.3 Å². The SMILES string of the molecule is CCC1COCCN1CCOc1cccc(C(N)=S)c1. The van der Waals surface area contributed by atoms with Crippen molar-refractivity contribution in [3.05, 3.63) is 29.8 Å². The molecule has 0 bridgehead atoms. The van der Waals surface area contributed by atoms with Gasteiger partial charge < -0.3 is 15.2 Å². The lowest BCUT2D eigenvalue weighted by molar-refractivity contribution is -0.0132. The Bertz CT molecular complexity index is 453. The molecule has 1 aromatic rings. The van der Waals surface area contributed by atoms with Crippen LogP contribution in [0.4, 0.5) is 0 Å². The van der Waals surface area contributed by atoms with E-state index in [1.165, 1.54) is 0 Å². The van der Waals surface area contributed by atoms with E-state index >= 15 is 0 Å². The Labute approximate surface area is 125 Å². The minimum atomic E-state index is 0.398. The Balaban J connectivity index is 1.83. The van der Waals surface area contributed by atoms with E-state index < -0.39 is 0 Å². The van der Waals surface area contributed by atoms with Crippen molar-refractivity contribution >= 4 is 17.2 Å². The van der Waals surface area contributed by atoms with Crippen LogP contribution in [-0.2, 0) is 4.74 Å². The average Bonchev–Trinajstić information content (AvgIpc) is 2.48. The fourth-order valence-corrected chi connectivity index (χ4v) is 2.51. The summed E-state index contributed by atoms with van der Waals surface area (Å²) in [5.41, 5.74) is 6.46. The van der Waals surface area contributed by atoms with E-state index in [2.05, 4.69) is 11.8 Å². The molecule has 2 rings (SSSR count). The zero-order valence-corrected chi connectivity index (χ0v) is 12.7. The Morgan fingerprint density at radius 1 is 1.55 bits per heavy atom. The monoisotopic (exact) mass is 294 g/mol. The Hall–Kier alpha value is -1.17. The summed E-state index contributed by atoms with van der Waals surface area (Å²) in [6.45, 7) is 6.39. The first-order valence-electron chi connectivity index (χ1n) is 7.05. The van der Waals surface area contributed by atoms with Crippen molar-refractivity contribution in [3.8, 4) is 5.75 Å². The molecule has 1 aliphatic heterocycles. The molecule has 1 atom stereocenters. The van der Waals surface area contributed by atoms with Gasteiger partial charge in [0.15, 0.2) is 0 Å². The average molecular weight is 294 g/mol. The van der Waals surface area contributed by atoms with Crippen molar-refractivity contribution in [3.63, 3.8) is 0 Å². The molecule has 1 unspecified atom stereocenters. The highest BCUT2D eigenvalue weighted by molar-refractivity contribution is 7.80. The van der Waals surface area contributed by atoms with Gasteiger partial charge in [0, 0.05) is 24.7 Å². The fraction of sp³-hybridized carbons (Fsp3) is 0.533. The maximum Gasteiger partial charge on any atom is 0.120 e. The Morgan fingerprint density at radius 2 is 2.40 bits per heavy atom. The lowest BCUT2D eigenvalue weighted by Gasteiger charge is -2.34. The third-order valence-electron chi connectivity index (χ3n) is 3.59. The summed E-state index contributed by atoms with van der Waals surface area (Å²) in [4.78, 5) is 2.83. The maximum absolute atomic E-state index is 5.79. The van der Waals surface area contributed by atoms with Crippen LogP contribution in [0, 0.1) is 0 Å². The van der Waals surface area contributed by atoms with Crippen LogP contribution in [0.1, 0.15) is 18.9 Å². The van der Waals surface area contributed by atoms with E-state index in [0.29, 0.717) is 17.6 Å². The van der Waals surface area contributed by atoms with Gasteiger partial charge in [0.1, 0.15) is 17.3 Å².